The molecular weight excluding hydrogens is 441 g/mol. The number of carbonyl (C=O) groups excluding carboxylic acids is 2. The molecule has 0 bridgehead atoms. The molecule has 0 unspecified atom stereocenters. The number of para-hydroxylation sites is 1. The Morgan fingerprint density at radius 3 is 2.35 bits per heavy atom. The maximum atomic E-state index is 12.2. The molecule has 1 fully saturated rings. The maximum Gasteiger partial charge on any atom is 0.252 e. The summed E-state index contributed by atoms with van der Waals surface area (Å²) >= 11 is 2.12. The van der Waals surface area contributed by atoms with Crippen molar-refractivity contribution in [2.24, 2.45) is 0 Å². The minimum atomic E-state index is -0.218. The fourth-order valence-electron chi connectivity index (χ4n) is 3.10. The second-order valence-corrected chi connectivity index (χ2v) is 7.49. The molecule has 26 heavy (non-hydrogen) atoms. The van der Waals surface area contributed by atoms with Gasteiger partial charge in [-0.2, -0.15) is 0 Å². The van der Waals surface area contributed by atoms with E-state index in [0.717, 1.165) is 29.5 Å². The third kappa shape index (κ3) is 4.97. The fourth-order valence-corrected chi connectivity index (χ4v) is 3.73. The number of halogens is 1. The molecule has 0 aliphatic carbocycles. The van der Waals surface area contributed by atoms with Gasteiger partial charge in [0.2, 0.25) is 5.91 Å². The predicted octanol–water partition coefficient (Wildman–Crippen LogP) is 2.81. The van der Waals surface area contributed by atoms with E-state index in [2.05, 4.69) is 50.3 Å². The van der Waals surface area contributed by atoms with Crippen molar-refractivity contribution in [3.05, 3.63) is 63.7 Å². The van der Waals surface area contributed by atoms with Gasteiger partial charge in [-0.3, -0.25) is 9.59 Å². The Morgan fingerprint density at radius 1 is 1.00 bits per heavy atom. The Morgan fingerprint density at radius 2 is 1.65 bits per heavy atom. The molecule has 1 aliphatic heterocycles. The van der Waals surface area contributed by atoms with Crippen LogP contribution >= 0.6 is 22.6 Å². The monoisotopic (exact) mass is 463 g/mol. The minimum Gasteiger partial charge on any atom is -0.371 e. The minimum absolute atomic E-state index is 0.00269. The SMILES string of the molecule is O=C(CNC(=O)c1ccccc1I)NC1CCN(c2ccccc2)CC1. The molecule has 2 amide bonds. The van der Waals surface area contributed by atoms with E-state index in [9.17, 15) is 9.59 Å². The van der Waals surface area contributed by atoms with Gasteiger partial charge in [0, 0.05) is 28.4 Å². The van der Waals surface area contributed by atoms with Gasteiger partial charge >= 0.3 is 0 Å². The summed E-state index contributed by atoms with van der Waals surface area (Å²) in [5.74, 6) is -0.355. The molecular formula is C20H22IN3O2. The number of nitrogens with one attached hydrogen (secondary N) is 2. The zero-order valence-electron chi connectivity index (χ0n) is 14.5. The number of hydrogen-bond donors (Lipinski definition) is 2. The van der Waals surface area contributed by atoms with Crippen LogP contribution in [0.25, 0.3) is 0 Å². The maximum absolute atomic E-state index is 12.2. The van der Waals surface area contributed by atoms with Gasteiger partial charge in [0.25, 0.3) is 5.91 Å². The normalized spacial score (nSPS) is 14.7. The molecule has 5 nitrogen and oxygen atoms in total. The Bertz CT molecular complexity index is 759. The summed E-state index contributed by atoms with van der Waals surface area (Å²) in [5.41, 5.74) is 1.82. The number of nitrogens with zero attached hydrogens (tertiary/aromatic N) is 1. The second-order valence-electron chi connectivity index (χ2n) is 6.33. The number of carbonyl (C=O) groups is 2. The summed E-state index contributed by atoms with van der Waals surface area (Å²) in [6, 6.07) is 17.8. The molecule has 0 spiro atoms. The van der Waals surface area contributed by atoms with Crippen LogP contribution < -0.4 is 15.5 Å². The van der Waals surface area contributed by atoms with Gasteiger partial charge in [0.05, 0.1) is 12.1 Å². The largest absolute Gasteiger partial charge is 0.371 e. The molecule has 0 saturated carbocycles. The van der Waals surface area contributed by atoms with Crippen LogP contribution in [0.3, 0.4) is 0 Å². The first-order valence-electron chi connectivity index (χ1n) is 8.75. The Hall–Kier alpha value is -2.09. The third-order valence-corrected chi connectivity index (χ3v) is 5.45. The van der Waals surface area contributed by atoms with Gasteiger partial charge < -0.3 is 15.5 Å². The lowest BCUT2D eigenvalue weighted by Gasteiger charge is -2.34. The standard InChI is InChI=1S/C20H22IN3O2/c21-18-9-5-4-8-17(18)20(26)22-14-19(25)23-15-10-12-24(13-11-15)16-6-2-1-3-7-16/h1-9,15H,10-14H2,(H,22,26)(H,23,25). The van der Waals surface area contributed by atoms with Crippen molar-refractivity contribution < 1.29 is 9.59 Å². The highest BCUT2D eigenvalue weighted by Crippen LogP contribution is 2.19. The first kappa shape index (κ1) is 18.7. The molecule has 1 heterocycles. The zero-order chi connectivity index (χ0) is 18.4. The summed E-state index contributed by atoms with van der Waals surface area (Å²) in [4.78, 5) is 26.6. The average molecular weight is 463 g/mol. The van der Waals surface area contributed by atoms with Crippen LogP contribution in [0.5, 0.6) is 0 Å². The lowest BCUT2D eigenvalue weighted by Crippen LogP contribution is -2.47. The first-order chi connectivity index (χ1) is 12.6. The van der Waals surface area contributed by atoms with Crippen LogP contribution in [-0.2, 0) is 4.79 Å². The van der Waals surface area contributed by atoms with Gasteiger partial charge in [-0.1, -0.05) is 30.3 Å². The first-order valence-corrected chi connectivity index (χ1v) is 9.83. The van der Waals surface area contributed by atoms with E-state index in [1.54, 1.807) is 6.07 Å². The van der Waals surface area contributed by atoms with Crippen molar-refractivity contribution in [2.45, 2.75) is 18.9 Å². The van der Waals surface area contributed by atoms with Gasteiger partial charge in [0.1, 0.15) is 0 Å². The molecule has 1 saturated heterocycles. The lowest BCUT2D eigenvalue weighted by molar-refractivity contribution is -0.120. The predicted molar refractivity (Wildman–Crippen MR) is 111 cm³/mol. The highest BCUT2D eigenvalue weighted by molar-refractivity contribution is 14.1. The van der Waals surface area contributed by atoms with Crippen LogP contribution in [0.4, 0.5) is 5.69 Å². The Balaban J connectivity index is 1.42. The molecule has 1 aliphatic rings. The van der Waals surface area contributed by atoms with E-state index in [4.69, 9.17) is 0 Å². The molecule has 2 N–H and O–H groups in total. The Labute approximate surface area is 167 Å². The number of anilines is 1. The van der Waals surface area contributed by atoms with E-state index in [-0.39, 0.29) is 24.4 Å². The molecule has 0 atom stereocenters. The topological polar surface area (TPSA) is 61.4 Å². The van der Waals surface area contributed by atoms with Gasteiger partial charge in [-0.15, -0.1) is 0 Å². The fraction of sp³-hybridized carbons (Fsp3) is 0.300. The molecule has 2 aromatic rings. The van der Waals surface area contributed by atoms with E-state index in [0.29, 0.717) is 5.56 Å². The van der Waals surface area contributed by atoms with Gasteiger partial charge in [0.15, 0.2) is 0 Å². The molecule has 6 heteroatoms. The number of benzene rings is 2. The van der Waals surface area contributed by atoms with Gasteiger partial charge in [-0.25, -0.2) is 0 Å². The van der Waals surface area contributed by atoms with Crippen LogP contribution in [0, 0.1) is 3.57 Å². The highest BCUT2D eigenvalue weighted by Gasteiger charge is 2.21. The summed E-state index contributed by atoms with van der Waals surface area (Å²) < 4.78 is 0.872. The lowest BCUT2D eigenvalue weighted by atomic mass is 10.0. The number of rotatable bonds is 5. The van der Waals surface area contributed by atoms with E-state index in [1.807, 2.05) is 36.4 Å². The number of hydrogen-bond acceptors (Lipinski definition) is 3. The van der Waals surface area contributed by atoms with Crippen molar-refractivity contribution in [3.8, 4) is 0 Å². The summed E-state index contributed by atoms with van der Waals surface area (Å²) in [6.07, 6.45) is 1.82. The molecule has 0 radical (unpaired) electrons. The van der Waals surface area contributed by atoms with E-state index >= 15 is 0 Å². The highest BCUT2D eigenvalue weighted by atomic mass is 127. The van der Waals surface area contributed by atoms with Crippen LogP contribution in [0.15, 0.2) is 54.6 Å². The quantitative estimate of drug-likeness (QED) is 0.671. The summed E-state index contributed by atoms with van der Waals surface area (Å²) in [6.45, 7) is 1.84. The average Bonchev–Trinajstić information content (AvgIpc) is 2.68. The van der Waals surface area contributed by atoms with Crippen LogP contribution in [0.1, 0.15) is 23.2 Å². The smallest absolute Gasteiger partial charge is 0.252 e. The second kappa shape index (κ2) is 9.02. The van der Waals surface area contributed by atoms with Gasteiger partial charge in [-0.05, 0) is 59.7 Å². The van der Waals surface area contributed by atoms with Crippen molar-refractivity contribution in [1.82, 2.24) is 10.6 Å². The van der Waals surface area contributed by atoms with Crippen molar-refractivity contribution in [2.75, 3.05) is 24.5 Å². The van der Waals surface area contributed by atoms with Crippen molar-refractivity contribution in [1.29, 1.82) is 0 Å². The zero-order valence-corrected chi connectivity index (χ0v) is 16.6. The van der Waals surface area contributed by atoms with E-state index in [1.165, 1.54) is 5.69 Å². The number of amides is 2. The summed E-state index contributed by atoms with van der Waals surface area (Å²) in [7, 11) is 0. The van der Waals surface area contributed by atoms with Crippen LogP contribution in [-0.4, -0.2) is 37.5 Å². The van der Waals surface area contributed by atoms with E-state index < -0.39 is 0 Å². The molecule has 0 aromatic heterocycles. The van der Waals surface area contributed by atoms with Crippen molar-refractivity contribution in [3.63, 3.8) is 0 Å². The molecule has 3 rings (SSSR count). The molecule has 2 aromatic carbocycles. The summed E-state index contributed by atoms with van der Waals surface area (Å²) in [5, 5.41) is 5.73. The number of piperidine rings is 1. The van der Waals surface area contributed by atoms with Crippen LogP contribution in [0.2, 0.25) is 0 Å². The third-order valence-electron chi connectivity index (χ3n) is 4.51. The van der Waals surface area contributed by atoms with Crippen molar-refractivity contribution >= 4 is 40.1 Å². The molecule has 136 valence electrons. The Kier molecular flexibility index (Phi) is 6.49.